The van der Waals surface area contributed by atoms with Gasteiger partial charge in [0, 0.05) is 17.8 Å². The largest absolute Gasteiger partial charge is 0.448 e. The minimum atomic E-state index is -4.58. The van der Waals surface area contributed by atoms with E-state index in [1.54, 1.807) is 12.1 Å². The average molecular weight is 512 g/mol. The van der Waals surface area contributed by atoms with Crippen LogP contribution >= 0.6 is 0 Å². The zero-order valence-corrected chi connectivity index (χ0v) is 20.1. The molecule has 0 unspecified atom stereocenters. The highest BCUT2D eigenvalue weighted by atomic mass is 19.4. The maximum Gasteiger partial charge on any atom is 0.431 e. The molecule has 0 spiro atoms. The Morgan fingerprint density at radius 3 is 2.35 bits per heavy atom. The van der Waals surface area contributed by atoms with Gasteiger partial charge in [0.2, 0.25) is 0 Å². The van der Waals surface area contributed by atoms with Crippen molar-refractivity contribution in [1.29, 1.82) is 0 Å². The second-order valence-corrected chi connectivity index (χ2v) is 9.41. The van der Waals surface area contributed by atoms with Crippen LogP contribution in [0.15, 0.2) is 59.3 Å². The molecule has 1 aromatic carbocycles. The number of rotatable bonds is 6. The molecule has 0 bridgehead atoms. The van der Waals surface area contributed by atoms with E-state index in [1.165, 1.54) is 18.4 Å². The number of imidazole rings is 1. The number of aromatic nitrogens is 3. The van der Waals surface area contributed by atoms with E-state index in [9.17, 15) is 22.8 Å². The van der Waals surface area contributed by atoms with Gasteiger partial charge in [-0.2, -0.15) is 13.2 Å². The number of carbonyl (C=O) groups is 2. The quantitative estimate of drug-likeness (QED) is 0.355. The molecule has 2 amide bonds. The van der Waals surface area contributed by atoms with Crippen molar-refractivity contribution in [3.8, 4) is 0 Å². The fourth-order valence-electron chi connectivity index (χ4n) is 4.37. The first-order chi connectivity index (χ1) is 17.6. The number of benzene rings is 1. The van der Waals surface area contributed by atoms with Gasteiger partial charge in [0.05, 0.1) is 5.54 Å². The molecule has 5 rings (SSSR count). The van der Waals surface area contributed by atoms with Gasteiger partial charge in [0.15, 0.2) is 11.6 Å². The first-order valence-electron chi connectivity index (χ1n) is 11.8. The lowest BCUT2D eigenvalue weighted by Crippen LogP contribution is -2.50. The molecule has 4 aromatic rings. The van der Waals surface area contributed by atoms with Crippen molar-refractivity contribution in [2.75, 3.05) is 5.32 Å². The van der Waals surface area contributed by atoms with Gasteiger partial charge in [-0.3, -0.25) is 14.0 Å². The van der Waals surface area contributed by atoms with E-state index in [1.807, 2.05) is 26.0 Å². The van der Waals surface area contributed by atoms with Crippen LogP contribution in [-0.4, -0.2) is 26.2 Å². The van der Waals surface area contributed by atoms with Crippen LogP contribution in [0.1, 0.15) is 77.2 Å². The Kier molecular flexibility index (Phi) is 6.01. The van der Waals surface area contributed by atoms with Crippen LogP contribution in [0.25, 0.3) is 5.65 Å². The lowest BCUT2D eigenvalue weighted by atomic mass is 9.71. The summed E-state index contributed by atoms with van der Waals surface area (Å²) in [5.74, 6) is -0.400. The summed E-state index contributed by atoms with van der Waals surface area (Å²) in [6.45, 7) is 3.85. The fraction of sp³-hybridized carbons (Fsp3) is 0.308. The van der Waals surface area contributed by atoms with Gasteiger partial charge in [-0.15, -0.1) is 0 Å². The first-order valence-corrected chi connectivity index (χ1v) is 11.8. The SMILES string of the molecule is CC(C)c1nc(C(=O)NC2(c3ccc(NC(=O)c4cn5c(C(F)(F)F)cccc5n4)cc3)CCC2)co1. The molecule has 3 aromatic heterocycles. The minimum Gasteiger partial charge on any atom is -0.448 e. The van der Waals surface area contributed by atoms with Gasteiger partial charge in [-0.1, -0.05) is 32.0 Å². The fourth-order valence-corrected chi connectivity index (χ4v) is 4.37. The van der Waals surface area contributed by atoms with Crippen molar-refractivity contribution in [1.82, 2.24) is 19.7 Å². The number of alkyl halides is 3. The van der Waals surface area contributed by atoms with Crippen LogP contribution in [0.2, 0.25) is 0 Å². The Bertz CT molecular complexity index is 1470. The smallest absolute Gasteiger partial charge is 0.431 e. The number of pyridine rings is 1. The van der Waals surface area contributed by atoms with Gasteiger partial charge in [-0.25, -0.2) is 9.97 Å². The second-order valence-electron chi connectivity index (χ2n) is 9.41. The summed E-state index contributed by atoms with van der Waals surface area (Å²) in [4.78, 5) is 33.8. The number of nitrogens with one attached hydrogen (secondary N) is 2. The molecule has 2 N–H and O–H groups in total. The van der Waals surface area contributed by atoms with E-state index < -0.39 is 23.3 Å². The van der Waals surface area contributed by atoms with Crippen molar-refractivity contribution < 1.29 is 27.2 Å². The Morgan fingerprint density at radius 2 is 1.76 bits per heavy atom. The highest BCUT2D eigenvalue weighted by Crippen LogP contribution is 2.42. The maximum absolute atomic E-state index is 13.3. The molecule has 1 saturated carbocycles. The van der Waals surface area contributed by atoms with Gasteiger partial charge < -0.3 is 15.1 Å². The Hall–Kier alpha value is -4.15. The van der Waals surface area contributed by atoms with E-state index in [0.29, 0.717) is 11.6 Å². The summed E-state index contributed by atoms with van der Waals surface area (Å²) in [6, 6.07) is 10.6. The Balaban J connectivity index is 1.30. The summed E-state index contributed by atoms with van der Waals surface area (Å²) in [5, 5.41) is 5.75. The van der Waals surface area contributed by atoms with Crippen LogP contribution in [0.5, 0.6) is 0 Å². The molecule has 8 nitrogen and oxygen atoms in total. The van der Waals surface area contributed by atoms with Gasteiger partial charge in [-0.05, 0) is 49.1 Å². The van der Waals surface area contributed by atoms with Gasteiger partial charge >= 0.3 is 6.18 Å². The standard InChI is InChI=1S/C26H24F3N5O3/c1-15(2)24-32-19(14-37-24)23(36)33-25(11-4-12-25)16-7-9-17(10-8-16)30-22(35)18-13-34-20(26(27,28)29)5-3-6-21(34)31-18/h3,5-10,13-15H,4,11-12H2,1-2H3,(H,30,35)(H,33,36). The van der Waals surface area contributed by atoms with E-state index in [0.717, 1.165) is 41.5 Å². The zero-order chi connectivity index (χ0) is 26.4. The van der Waals surface area contributed by atoms with Gasteiger partial charge in [0.1, 0.15) is 23.3 Å². The van der Waals surface area contributed by atoms with Crippen molar-refractivity contribution in [3.63, 3.8) is 0 Å². The number of anilines is 1. The summed E-state index contributed by atoms with van der Waals surface area (Å²) < 4.78 is 46.0. The maximum atomic E-state index is 13.3. The lowest BCUT2D eigenvalue weighted by molar-refractivity contribution is -0.142. The normalized spacial score (nSPS) is 15.0. The molecule has 37 heavy (non-hydrogen) atoms. The van der Waals surface area contributed by atoms with Crippen LogP contribution in [0.3, 0.4) is 0 Å². The number of nitrogens with zero attached hydrogens (tertiary/aromatic N) is 3. The highest BCUT2D eigenvalue weighted by molar-refractivity contribution is 6.03. The number of oxazole rings is 1. The number of hydrogen-bond acceptors (Lipinski definition) is 5. The van der Waals surface area contributed by atoms with Crippen molar-refractivity contribution in [3.05, 3.63) is 83.5 Å². The molecule has 0 aliphatic heterocycles. The van der Waals surface area contributed by atoms with E-state index in [4.69, 9.17) is 4.42 Å². The average Bonchev–Trinajstić information content (AvgIpc) is 3.49. The van der Waals surface area contributed by atoms with Crippen LogP contribution < -0.4 is 10.6 Å². The zero-order valence-electron chi connectivity index (χ0n) is 20.1. The highest BCUT2D eigenvalue weighted by Gasteiger charge is 2.40. The second kappa shape index (κ2) is 9.06. The molecular formula is C26H24F3N5O3. The first kappa shape index (κ1) is 24.5. The third-order valence-corrected chi connectivity index (χ3v) is 6.52. The molecule has 0 radical (unpaired) electrons. The monoisotopic (exact) mass is 511 g/mol. The molecule has 0 saturated heterocycles. The molecule has 1 aliphatic carbocycles. The minimum absolute atomic E-state index is 0.0191. The summed E-state index contributed by atoms with van der Waals surface area (Å²) in [5.41, 5.74) is -0.0464. The van der Waals surface area contributed by atoms with Crippen LogP contribution in [-0.2, 0) is 11.7 Å². The molecule has 0 atom stereocenters. The molecule has 1 fully saturated rings. The third-order valence-electron chi connectivity index (χ3n) is 6.52. The lowest BCUT2D eigenvalue weighted by Gasteiger charge is -2.43. The van der Waals surface area contributed by atoms with Crippen molar-refractivity contribution >= 4 is 23.1 Å². The number of hydrogen-bond donors (Lipinski definition) is 2. The molecular weight excluding hydrogens is 487 g/mol. The van der Waals surface area contributed by atoms with E-state index >= 15 is 0 Å². The number of carbonyl (C=O) groups excluding carboxylic acids is 2. The van der Waals surface area contributed by atoms with Crippen LogP contribution in [0, 0.1) is 0 Å². The summed E-state index contributed by atoms with van der Waals surface area (Å²) in [6.07, 6.45) is 0.288. The van der Waals surface area contributed by atoms with Crippen molar-refractivity contribution in [2.24, 2.45) is 0 Å². The Morgan fingerprint density at radius 1 is 1.03 bits per heavy atom. The Labute approximate surface area is 209 Å². The van der Waals surface area contributed by atoms with Crippen LogP contribution in [0.4, 0.5) is 18.9 Å². The predicted molar refractivity (Wildman–Crippen MR) is 128 cm³/mol. The molecule has 11 heteroatoms. The molecule has 192 valence electrons. The third kappa shape index (κ3) is 4.68. The summed E-state index contributed by atoms with van der Waals surface area (Å²) >= 11 is 0. The molecule has 3 heterocycles. The summed E-state index contributed by atoms with van der Waals surface area (Å²) in [7, 11) is 0. The number of halogens is 3. The van der Waals surface area contributed by atoms with Crippen molar-refractivity contribution in [2.45, 2.75) is 50.7 Å². The number of fused-ring (bicyclic) bond motifs is 1. The number of amides is 2. The van der Waals surface area contributed by atoms with Gasteiger partial charge in [0.25, 0.3) is 11.8 Å². The van der Waals surface area contributed by atoms with E-state index in [-0.39, 0.29) is 28.9 Å². The molecule has 1 aliphatic rings. The predicted octanol–water partition coefficient (Wildman–Crippen LogP) is 5.53. The topological polar surface area (TPSA) is 102 Å². The van der Waals surface area contributed by atoms with E-state index in [2.05, 4.69) is 20.6 Å².